The lowest BCUT2D eigenvalue weighted by Gasteiger charge is -2.26. The van der Waals surface area contributed by atoms with Gasteiger partial charge in [0.15, 0.2) is 0 Å². The molecule has 0 bridgehead atoms. The van der Waals surface area contributed by atoms with Gasteiger partial charge in [0.05, 0.1) is 24.4 Å². The van der Waals surface area contributed by atoms with E-state index in [1.807, 2.05) is 41.1 Å². The number of ether oxygens (including phenoxy) is 2. The predicted molar refractivity (Wildman–Crippen MR) is 133 cm³/mol. The SMILES string of the molecule is O=C(O)c1cc2cc(OCc3cncc(C4CC(O)CCO4)c3)ccc2c(-c2ccsc2)c1CO. The Kier molecular flexibility index (Phi) is 6.79. The first kappa shape index (κ1) is 23.4. The molecule has 2 aromatic carbocycles. The highest BCUT2D eigenvalue weighted by Gasteiger charge is 2.23. The quantitative estimate of drug-likeness (QED) is 0.336. The molecular formula is C27H25NO6S. The monoisotopic (exact) mass is 491 g/mol. The standard InChI is InChI=1S/C27H25NO6S/c29-13-24-23(27(31)32)9-18-8-21(1-2-22(18)26(24)17-4-6-35-15-17)34-14-16-7-19(12-28-11-16)25-10-20(30)3-5-33-25/h1-2,4,6-9,11-12,15,20,25,29-30H,3,5,10,13-14H2,(H,31,32). The third-order valence-corrected chi connectivity index (χ3v) is 6.95. The van der Waals surface area contributed by atoms with Gasteiger partial charge in [-0.3, -0.25) is 4.98 Å². The Bertz CT molecular complexity index is 1350. The summed E-state index contributed by atoms with van der Waals surface area (Å²) in [6.45, 7) is 0.430. The molecule has 2 atom stereocenters. The second kappa shape index (κ2) is 10.1. The maximum absolute atomic E-state index is 12.0. The number of fused-ring (bicyclic) bond motifs is 1. The second-order valence-corrected chi connectivity index (χ2v) is 9.37. The molecule has 0 radical (unpaired) electrons. The van der Waals surface area contributed by atoms with Gasteiger partial charge in [0, 0.05) is 36.5 Å². The molecule has 4 aromatic rings. The van der Waals surface area contributed by atoms with E-state index in [0.717, 1.165) is 33.0 Å². The highest BCUT2D eigenvalue weighted by Crippen LogP contribution is 2.37. The third kappa shape index (κ3) is 4.92. The van der Waals surface area contributed by atoms with E-state index in [4.69, 9.17) is 9.47 Å². The van der Waals surface area contributed by atoms with Crippen LogP contribution >= 0.6 is 11.3 Å². The smallest absolute Gasteiger partial charge is 0.336 e. The molecule has 35 heavy (non-hydrogen) atoms. The number of rotatable bonds is 7. The molecule has 1 fully saturated rings. The molecule has 180 valence electrons. The van der Waals surface area contributed by atoms with Gasteiger partial charge in [-0.05, 0) is 75.0 Å². The zero-order chi connectivity index (χ0) is 24.4. The molecule has 1 aliphatic rings. The number of carboxylic acids is 1. The van der Waals surface area contributed by atoms with Crippen LogP contribution in [0.5, 0.6) is 5.75 Å². The third-order valence-electron chi connectivity index (χ3n) is 6.27. The van der Waals surface area contributed by atoms with Gasteiger partial charge in [-0.2, -0.15) is 11.3 Å². The second-order valence-electron chi connectivity index (χ2n) is 8.59. The van der Waals surface area contributed by atoms with E-state index in [1.165, 1.54) is 11.3 Å². The number of benzene rings is 2. The van der Waals surface area contributed by atoms with Crippen molar-refractivity contribution < 1.29 is 29.6 Å². The zero-order valence-corrected chi connectivity index (χ0v) is 19.7. The lowest BCUT2D eigenvalue weighted by atomic mass is 9.91. The van der Waals surface area contributed by atoms with Crippen molar-refractivity contribution in [3.8, 4) is 16.9 Å². The van der Waals surface area contributed by atoms with Gasteiger partial charge in [0.2, 0.25) is 0 Å². The minimum atomic E-state index is -1.09. The molecular weight excluding hydrogens is 466 g/mol. The van der Waals surface area contributed by atoms with Gasteiger partial charge in [-0.25, -0.2) is 4.79 Å². The number of aromatic nitrogens is 1. The molecule has 1 saturated heterocycles. The Balaban J connectivity index is 1.43. The number of aliphatic hydroxyl groups excluding tert-OH is 2. The summed E-state index contributed by atoms with van der Waals surface area (Å²) in [4.78, 5) is 16.3. The van der Waals surface area contributed by atoms with E-state index in [0.29, 0.717) is 30.8 Å². The van der Waals surface area contributed by atoms with E-state index in [-0.39, 0.29) is 31.0 Å². The maximum Gasteiger partial charge on any atom is 0.336 e. The van der Waals surface area contributed by atoms with Crippen LogP contribution in [0, 0.1) is 0 Å². The molecule has 2 unspecified atom stereocenters. The lowest BCUT2D eigenvalue weighted by Crippen LogP contribution is -2.23. The number of aromatic carboxylic acids is 1. The Hall–Kier alpha value is -3.30. The number of pyridine rings is 1. The molecule has 0 amide bonds. The Morgan fingerprint density at radius 2 is 2.09 bits per heavy atom. The number of hydrogen-bond acceptors (Lipinski definition) is 7. The summed E-state index contributed by atoms with van der Waals surface area (Å²) >= 11 is 1.51. The van der Waals surface area contributed by atoms with Crippen LogP contribution in [0.1, 0.15) is 46.0 Å². The van der Waals surface area contributed by atoms with E-state index in [2.05, 4.69) is 4.98 Å². The van der Waals surface area contributed by atoms with Crippen molar-refractivity contribution in [3.63, 3.8) is 0 Å². The van der Waals surface area contributed by atoms with Crippen molar-refractivity contribution >= 4 is 28.1 Å². The van der Waals surface area contributed by atoms with Crippen LogP contribution in [0.2, 0.25) is 0 Å². The summed E-state index contributed by atoms with van der Waals surface area (Å²) in [5.74, 6) is -0.492. The maximum atomic E-state index is 12.0. The van der Waals surface area contributed by atoms with Gasteiger partial charge in [-0.1, -0.05) is 6.07 Å². The Labute approximate surface area is 206 Å². The molecule has 3 N–H and O–H groups in total. The fourth-order valence-corrected chi connectivity index (χ4v) is 5.20. The molecule has 8 heteroatoms. The van der Waals surface area contributed by atoms with Crippen molar-refractivity contribution in [2.75, 3.05) is 6.61 Å². The summed E-state index contributed by atoms with van der Waals surface area (Å²) in [7, 11) is 0. The number of hydrogen-bond donors (Lipinski definition) is 3. The summed E-state index contributed by atoms with van der Waals surface area (Å²) in [6.07, 6.45) is 4.12. The summed E-state index contributed by atoms with van der Waals surface area (Å²) in [5.41, 5.74) is 3.85. The lowest BCUT2D eigenvalue weighted by molar-refractivity contribution is -0.0449. The van der Waals surface area contributed by atoms with E-state index < -0.39 is 5.97 Å². The van der Waals surface area contributed by atoms with E-state index >= 15 is 0 Å². The molecule has 2 aromatic heterocycles. The van der Waals surface area contributed by atoms with Crippen LogP contribution in [0.25, 0.3) is 21.9 Å². The van der Waals surface area contributed by atoms with Gasteiger partial charge >= 0.3 is 5.97 Å². The predicted octanol–water partition coefficient (Wildman–Crippen LogP) is 4.95. The zero-order valence-electron chi connectivity index (χ0n) is 18.9. The average molecular weight is 492 g/mol. The van der Waals surface area contributed by atoms with Crippen molar-refractivity contribution in [1.29, 1.82) is 0 Å². The van der Waals surface area contributed by atoms with Gasteiger partial charge in [-0.15, -0.1) is 0 Å². The van der Waals surface area contributed by atoms with Crippen LogP contribution in [-0.2, 0) is 18.0 Å². The molecule has 0 saturated carbocycles. The van der Waals surface area contributed by atoms with Crippen molar-refractivity contribution in [2.45, 2.75) is 38.3 Å². The van der Waals surface area contributed by atoms with Crippen LogP contribution in [0.3, 0.4) is 0 Å². The van der Waals surface area contributed by atoms with Crippen LogP contribution in [-0.4, -0.2) is 39.0 Å². The summed E-state index contributed by atoms with van der Waals surface area (Å²) in [6, 6.07) is 11.0. The number of carboxylic acid groups (broad SMARTS) is 1. The highest BCUT2D eigenvalue weighted by molar-refractivity contribution is 7.08. The van der Waals surface area contributed by atoms with Crippen LogP contribution in [0.15, 0.2) is 59.6 Å². The first-order valence-corrected chi connectivity index (χ1v) is 12.3. The molecule has 0 aliphatic carbocycles. The first-order chi connectivity index (χ1) is 17.0. The topological polar surface area (TPSA) is 109 Å². The first-order valence-electron chi connectivity index (χ1n) is 11.4. The van der Waals surface area contributed by atoms with Crippen molar-refractivity contribution in [3.05, 3.63) is 81.8 Å². The average Bonchev–Trinajstić information content (AvgIpc) is 3.41. The minimum absolute atomic E-state index is 0.0740. The summed E-state index contributed by atoms with van der Waals surface area (Å²) in [5, 5.41) is 35.1. The van der Waals surface area contributed by atoms with Crippen LogP contribution < -0.4 is 4.74 Å². The van der Waals surface area contributed by atoms with Crippen molar-refractivity contribution in [2.24, 2.45) is 0 Å². The van der Waals surface area contributed by atoms with Crippen LogP contribution in [0.4, 0.5) is 0 Å². The van der Waals surface area contributed by atoms with Gasteiger partial charge in [0.1, 0.15) is 12.4 Å². The number of nitrogens with zero attached hydrogens (tertiary/aromatic N) is 1. The number of aliphatic hydroxyl groups is 2. The van der Waals surface area contributed by atoms with Crippen molar-refractivity contribution in [1.82, 2.24) is 4.98 Å². The largest absolute Gasteiger partial charge is 0.489 e. The number of carbonyl (C=O) groups is 1. The minimum Gasteiger partial charge on any atom is -0.489 e. The molecule has 5 rings (SSSR count). The van der Waals surface area contributed by atoms with E-state index in [1.54, 1.807) is 18.5 Å². The molecule has 0 spiro atoms. The van der Waals surface area contributed by atoms with E-state index in [9.17, 15) is 20.1 Å². The number of thiophene rings is 1. The molecule has 7 nitrogen and oxygen atoms in total. The normalized spacial score (nSPS) is 18.0. The summed E-state index contributed by atoms with van der Waals surface area (Å²) < 4.78 is 11.8. The van der Waals surface area contributed by atoms with Gasteiger partial charge < -0.3 is 24.8 Å². The molecule has 1 aliphatic heterocycles. The Morgan fingerprint density at radius 3 is 2.83 bits per heavy atom. The fourth-order valence-electron chi connectivity index (χ4n) is 4.55. The molecule has 3 heterocycles. The van der Waals surface area contributed by atoms with Gasteiger partial charge in [0.25, 0.3) is 0 Å². The fraction of sp³-hybridized carbons (Fsp3) is 0.259. The Morgan fingerprint density at radius 1 is 1.20 bits per heavy atom. The highest BCUT2D eigenvalue weighted by atomic mass is 32.1.